The highest BCUT2D eigenvalue weighted by Crippen LogP contribution is 2.39. The van der Waals surface area contributed by atoms with E-state index in [0.29, 0.717) is 17.1 Å². The Morgan fingerprint density at radius 3 is 2.46 bits per heavy atom. The second kappa shape index (κ2) is 6.19. The molecule has 2 aromatic carbocycles. The minimum Gasteiger partial charge on any atom is -0.493 e. The number of fused-ring (bicyclic) bond motifs is 3. The molecule has 130 valence electrons. The topological polar surface area (TPSA) is 53.3 Å². The molecule has 0 spiro atoms. The smallest absolute Gasteiger partial charge is 0.162 e. The minimum absolute atomic E-state index is 0.618. The summed E-state index contributed by atoms with van der Waals surface area (Å²) < 4.78 is 13.0. The van der Waals surface area contributed by atoms with Crippen molar-refractivity contribution >= 4 is 28.1 Å². The van der Waals surface area contributed by atoms with E-state index in [1.807, 2.05) is 43.4 Å². The van der Waals surface area contributed by atoms with Crippen molar-refractivity contribution in [1.82, 2.24) is 9.55 Å². The van der Waals surface area contributed by atoms with Gasteiger partial charge in [-0.05, 0) is 12.1 Å². The summed E-state index contributed by atoms with van der Waals surface area (Å²) >= 11 is 0. The quantitative estimate of drug-likeness (QED) is 0.519. The monoisotopic (exact) mass is 346 g/mol. The van der Waals surface area contributed by atoms with Crippen LogP contribution in [-0.2, 0) is 7.05 Å². The summed E-state index contributed by atoms with van der Waals surface area (Å²) in [5, 5.41) is 2.10. The Kier molecular flexibility index (Phi) is 3.84. The number of carbonyl (C=O) groups excluding carboxylic acids is 1. The maximum absolute atomic E-state index is 11.5. The Morgan fingerprint density at radius 2 is 1.73 bits per heavy atom. The Morgan fingerprint density at radius 1 is 1.00 bits per heavy atom. The molecule has 0 saturated carbocycles. The summed E-state index contributed by atoms with van der Waals surface area (Å²) in [6.07, 6.45) is 2.64. The summed E-state index contributed by atoms with van der Waals surface area (Å²) in [6.45, 7) is 0. The van der Waals surface area contributed by atoms with Gasteiger partial charge in [-0.15, -0.1) is 0 Å². The lowest BCUT2D eigenvalue weighted by Gasteiger charge is -2.08. The van der Waals surface area contributed by atoms with Gasteiger partial charge in [-0.25, -0.2) is 0 Å². The molecular formula is C21H18N2O3. The van der Waals surface area contributed by atoms with Crippen molar-refractivity contribution in [3.05, 3.63) is 54.2 Å². The molecule has 0 aliphatic heterocycles. The fourth-order valence-corrected chi connectivity index (χ4v) is 3.51. The van der Waals surface area contributed by atoms with Crippen LogP contribution in [0.5, 0.6) is 11.5 Å². The van der Waals surface area contributed by atoms with Crippen LogP contribution in [0, 0.1) is 0 Å². The normalized spacial score (nSPS) is 11.0. The van der Waals surface area contributed by atoms with Crippen molar-refractivity contribution in [1.29, 1.82) is 0 Å². The van der Waals surface area contributed by atoms with Crippen molar-refractivity contribution in [2.75, 3.05) is 14.2 Å². The number of ether oxygens (including phenoxy) is 2. The summed E-state index contributed by atoms with van der Waals surface area (Å²) in [4.78, 5) is 16.1. The van der Waals surface area contributed by atoms with Gasteiger partial charge < -0.3 is 14.0 Å². The summed E-state index contributed by atoms with van der Waals surface area (Å²) in [6, 6.07) is 13.4. The number of benzene rings is 2. The van der Waals surface area contributed by atoms with Crippen molar-refractivity contribution in [2.24, 2.45) is 7.05 Å². The van der Waals surface area contributed by atoms with E-state index < -0.39 is 0 Å². The molecule has 0 radical (unpaired) electrons. The Hall–Kier alpha value is -3.34. The van der Waals surface area contributed by atoms with E-state index in [-0.39, 0.29) is 0 Å². The van der Waals surface area contributed by atoms with Crippen molar-refractivity contribution < 1.29 is 14.3 Å². The van der Waals surface area contributed by atoms with Gasteiger partial charge in [0.15, 0.2) is 17.8 Å². The SMILES string of the molecule is COc1cc2c3ccnc(-c4ccccc4C=O)c3n(C)c2cc1OC. The third-order valence-electron chi connectivity index (χ3n) is 4.76. The van der Waals surface area contributed by atoms with Gasteiger partial charge in [0, 0.05) is 41.2 Å². The average Bonchev–Trinajstić information content (AvgIpc) is 2.98. The Labute approximate surface area is 150 Å². The average molecular weight is 346 g/mol. The van der Waals surface area contributed by atoms with Crippen molar-refractivity contribution in [3.63, 3.8) is 0 Å². The van der Waals surface area contributed by atoms with Gasteiger partial charge in [0.1, 0.15) is 0 Å². The summed E-state index contributed by atoms with van der Waals surface area (Å²) in [7, 11) is 5.24. The van der Waals surface area contributed by atoms with Crippen molar-refractivity contribution in [3.8, 4) is 22.8 Å². The van der Waals surface area contributed by atoms with E-state index >= 15 is 0 Å². The molecule has 0 aliphatic rings. The molecule has 0 unspecified atom stereocenters. The zero-order valence-electron chi connectivity index (χ0n) is 14.8. The summed E-state index contributed by atoms with van der Waals surface area (Å²) in [5.41, 5.74) is 4.19. The fourth-order valence-electron chi connectivity index (χ4n) is 3.51. The molecule has 26 heavy (non-hydrogen) atoms. The van der Waals surface area contributed by atoms with Gasteiger partial charge >= 0.3 is 0 Å². The van der Waals surface area contributed by atoms with Crippen LogP contribution < -0.4 is 9.47 Å². The second-order valence-corrected chi connectivity index (χ2v) is 6.04. The number of nitrogens with zero attached hydrogens (tertiary/aromatic N) is 2. The molecule has 0 aliphatic carbocycles. The number of hydrogen-bond donors (Lipinski definition) is 0. The number of rotatable bonds is 4. The molecule has 0 saturated heterocycles. The highest BCUT2D eigenvalue weighted by Gasteiger charge is 2.18. The molecule has 2 heterocycles. The predicted molar refractivity (Wildman–Crippen MR) is 102 cm³/mol. The Balaban J connectivity index is 2.13. The number of carbonyl (C=O) groups is 1. The van der Waals surface area contributed by atoms with Crippen LogP contribution >= 0.6 is 0 Å². The third-order valence-corrected chi connectivity index (χ3v) is 4.76. The maximum Gasteiger partial charge on any atom is 0.162 e. The van der Waals surface area contributed by atoms with Crippen LogP contribution in [0.25, 0.3) is 33.1 Å². The molecule has 0 N–H and O–H groups in total. The van der Waals surface area contributed by atoms with E-state index in [4.69, 9.17) is 9.47 Å². The van der Waals surface area contributed by atoms with Crippen LogP contribution in [0.1, 0.15) is 10.4 Å². The van der Waals surface area contributed by atoms with Gasteiger partial charge in [-0.1, -0.05) is 24.3 Å². The number of methoxy groups -OCH3 is 2. The number of aldehydes is 1. The van der Waals surface area contributed by atoms with Crippen LogP contribution in [0.3, 0.4) is 0 Å². The molecule has 2 aromatic heterocycles. The third kappa shape index (κ3) is 2.24. The van der Waals surface area contributed by atoms with Crippen LogP contribution in [0.2, 0.25) is 0 Å². The van der Waals surface area contributed by atoms with E-state index in [2.05, 4.69) is 9.55 Å². The number of hydrogen-bond acceptors (Lipinski definition) is 4. The van der Waals surface area contributed by atoms with Gasteiger partial charge in [0.2, 0.25) is 0 Å². The zero-order valence-corrected chi connectivity index (χ0v) is 14.8. The lowest BCUT2D eigenvalue weighted by Crippen LogP contribution is -1.95. The number of aryl methyl sites for hydroxylation is 1. The summed E-state index contributed by atoms with van der Waals surface area (Å²) in [5.74, 6) is 1.35. The first-order valence-corrected chi connectivity index (χ1v) is 8.23. The number of pyridine rings is 1. The van der Waals surface area contributed by atoms with Gasteiger partial charge in [-0.3, -0.25) is 9.78 Å². The minimum atomic E-state index is 0.618. The molecule has 0 fully saturated rings. The predicted octanol–water partition coefficient (Wildman–Crippen LogP) is 4.22. The first-order chi connectivity index (χ1) is 12.7. The van der Waals surface area contributed by atoms with Gasteiger partial charge in [0.05, 0.1) is 30.9 Å². The van der Waals surface area contributed by atoms with Crippen LogP contribution in [0.15, 0.2) is 48.7 Å². The Bertz CT molecular complexity index is 1150. The molecule has 5 nitrogen and oxygen atoms in total. The van der Waals surface area contributed by atoms with Gasteiger partial charge in [-0.2, -0.15) is 0 Å². The highest BCUT2D eigenvalue weighted by atomic mass is 16.5. The molecular weight excluding hydrogens is 328 g/mol. The van der Waals surface area contributed by atoms with Crippen molar-refractivity contribution in [2.45, 2.75) is 0 Å². The molecule has 4 rings (SSSR count). The largest absolute Gasteiger partial charge is 0.493 e. The van der Waals surface area contributed by atoms with E-state index in [9.17, 15) is 4.79 Å². The first-order valence-electron chi connectivity index (χ1n) is 8.23. The zero-order chi connectivity index (χ0) is 18.3. The number of aromatic nitrogens is 2. The lowest BCUT2D eigenvalue weighted by atomic mass is 10.0. The molecule has 0 atom stereocenters. The standard InChI is InChI=1S/C21H18N2O3/c1-23-17-11-19(26-3)18(25-2)10-16(17)15-8-9-22-20(21(15)23)14-7-5-4-6-13(14)12-24/h4-12H,1-3H3. The second-order valence-electron chi connectivity index (χ2n) is 6.04. The molecule has 0 bridgehead atoms. The van der Waals surface area contributed by atoms with Crippen LogP contribution in [-0.4, -0.2) is 30.1 Å². The molecule has 5 heteroatoms. The molecule has 4 aromatic rings. The highest BCUT2D eigenvalue weighted by molar-refractivity contribution is 6.13. The lowest BCUT2D eigenvalue weighted by molar-refractivity contribution is 0.112. The van der Waals surface area contributed by atoms with Gasteiger partial charge in [0.25, 0.3) is 0 Å². The van der Waals surface area contributed by atoms with Crippen LogP contribution in [0.4, 0.5) is 0 Å². The van der Waals surface area contributed by atoms with E-state index in [0.717, 1.165) is 39.3 Å². The van der Waals surface area contributed by atoms with E-state index in [1.54, 1.807) is 26.5 Å². The molecule has 0 amide bonds. The fraction of sp³-hybridized carbons (Fsp3) is 0.143. The van der Waals surface area contributed by atoms with E-state index in [1.165, 1.54) is 0 Å². The first kappa shape index (κ1) is 16.1. The maximum atomic E-state index is 11.5.